The Balaban J connectivity index is 1.80. The molecule has 2 aromatic rings. The topological polar surface area (TPSA) is 109 Å². The van der Waals surface area contributed by atoms with Gasteiger partial charge in [-0.15, -0.1) is 0 Å². The van der Waals surface area contributed by atoms with E-state index >= 15 is 0 Å². The molecule has 1 saturated heterocycles. The molecule has 1 aliphatic heterocycles. The normalized spacial score (nSPS) is 18.5. The van der Waals surface area contributed by atoms with Gasteiger partial charge in [-0.3, -0.25) is 0 Å². The number of piperidine rings is 1. The minimum absolute atomic E-state index is 0.0530. The van der Waals surface area contributed by atoms with Crippen LogP contribution in [0.5, 0.6) is 0 Å². The number of H-pyrrole nitrogens is 1. The molecule has 8 nitrogen and oxygen atoms in total. The molecule has 32 heavy (non-hydrogen) atoms. The van der Waals surface area contributed by atoms with E-state index in [4.69, 9.17) is 22.1 Å². The molecule has 1 fully saturated rings. The Morgan fingerprint density at radius 2 is 2.28 bits per heavy atom. The highest BCUT2D eigenvalue weighted by atomic mass is 127. The number of nitrogens with zero attached hydrogens (tertiary/aromatic N) is 3. The van der Waals surface area contributed by atoms with Crippen LogP contribution in [0.25, 0.3) is 11.0 Å². The van der Waals surface area contributed by atoms with E-state index in [0.717, 1.165) is 12.8 Å². The maximum Gasteiger partial charge on any atom is 0.410 e. The molecule has 3 rings (SSSR count). The molecule has 11 heteroatoms. The van der Waals surface area contributed by atoms with Crippen LogP contribution in [0, 0.1) is 0 Å². The van der Waals surface area contributed by atoms with Crippen molar-refractivity contribution >= 4 is 57.2 Å². The van der Waals surface area contributed by atoms with E-state index in [1.54, 1.807) is 17.2 Å². The fourth-order valence-electron chi connectivity index (χ4n) is 3.39. The first kappa shape index (κ1) is 24.6. The first-order chi connectivity index (χ1) is 15.1. The summed E-state index contributed by atoms with van der Waals surface area (Å²) in [5.41, 5.74) is 6.84. The average Bonchev–Trinajstić information content (AvgIpc) is 3.14. The number of amides is 1. The minimum Gasteiger partial charge on any atom is -0.444 e. The fraction of sp³-hybridized carbons (Fsp3) is 0.476. The Bertz CT molecular complexity index is 1050. The Morgan fingerprint density at radius 1 is 1.53 bits per heavy atom. The lowest BCUT2D eigenvalue weighted by Gasteiger charge is -2.34. The Labute approximate surface area is 205 Å². The molecular formula is C21H27ClFIN6O2. The molecule has 4 N–H and O–H groups in total. The summed E-state index contributed by atoms with van der Waals surface area (Å²) in [5.74, 6) is -0.251. The number of aromatic amines is 1. The van der Waals surface area contributed by atoms with Crippen molar-refractivity contribution in [3.8, 4) is 0 Å². The molecule has 0 radical (unpaired) electrons. The summed E-state index contributed by atoms with van der Waals surface area (Å²) in [4.78, 5) is 25.6. The Hall–Kier alpha value is -2.08. The average molecular weight is 577 g/mol. The van der Waals surface area contributed by atoms with Crippen molar-refractivity contribution in [2.75, 3.05) is 17.5 Å². The molecular weight excluding hydrogens is 550 g/mol. The number of alkyl halides is 1. The van der Waals surface area contributed by atoms with Crippen molar-refractivity contribution in [1.82, 2.24) is 20.2 Å². The number of halogens is 3. The van der Waals surface area contributed by atoms with E-state index in [1.165, 1.54) is 6.20 Å². The zero-order chi connectivity index (χ0) is 23.5. The number of pyridine rings is 1. The molecule has 174 valence electrons. The summed E-state index contributed by atoms with van der Waals surface area (Å²) in [6.07, 6.45) is 4.34. The summed E-state index contributed by atoms with van der Waals surface area (Å²) < 4.78 is 20.3. The molecule has 0 unspecified atom stereocenters. The number of allylic oxidation sites excluding steroid dienone is 1. The van der Waals surface area contributed by atoms with Crippen LogP contribution >= 0.6 is 34.2 Å². The van der Waals surface area contributed by atoms with E-state index in [9.17, 15) is 9.18 Å². The molecule has 3 heterocycles. The van der Waals surface area contributed by atoms with E-state index in [2.05, 4.69) is 20.3 Å². The standard InChI is InChI=1S/C21H27ClFIN6O2/c1-21(2,3)32-20(31)30-6-4-5-13(11-30)28-19(16(23)8-24)29-17(25)15-10-27-18-14(15)7-12(22)9-26-18/h7,9-10,13,28H,4-6,8,11H2,1-3H3,(H2,25,29)(H,26,27)/b19-16+/t13-/m0/s1. The predicted molar refractivity (Wildman–Crippen MR) is 133 cm³/mol. The highest BCUT2D eigenvalue weighted by molar-refractivity contribution is 14.1. The molecule has 0 aliphatic carbocycles. The Kier molecular flexibility index (Phi) is 7.86. The minimum atomic E-state index is -0.578. The van der Waals surface area contributed by atoms with Crippen LogP contribution in [0.2, 0.25) is 5.02 Å². The quantitative estimate of drug-likeness (QED) is 0.210. The SMILES string of the molecule is CC(C)(C)OC(=O)N1CCC[C@H](N/C(N=C(N)c2c[nH]c3ncc(Cl)cc23)=C(\F)CI)C1. The van der Waals surface area contributed by atoms with Crippen LogP contribution in [-0.2, 0) is 4.74 Å². The second kappa shape index (κ2) is 10.2. The van der Waals surface area contributed by atoms with Crippen LogP contribution in [-0.4, -0.2) is 56.0 Å². The molecule has 0 aromatic carbocycles. The van der Waals surface area contributed by atoms with Crippen molar-refractivity contribution in [2.24, 2.45) is 10.7 Å². The van der Waals surface area contributed by atoms with Gasteiger partial charge in [-0.25, -0.2) is 19.2 Å². The molecule has 0 saturated carbocycles. The van der Waals surface area contributed by atoms with Gasteiger partial charge in [0.05, 0.1) is 9.45 Å². The number of hydrogen-bond donors (Lipinski definition) is 3. The lowest BCUT2D eigenvalue weighted by atomic mass is 10.1. The number of aromatic nitrogens is 2. The fourth-order valence-corrected chi connectivity index (χ4v) is 3.90. The number of carbonyl (C=O) groups excluding carboxylic acids is 1. The molecule has 2 aromatic heterocycles. The first-order valence-electron chi connectivity index (χ1n) is 10.2. The maximum atomic E-state index is 14.7. The number of carbonyl (C=O) groups is 1. The van der Waals surface area contributed by atoms with Gasteiger partial charge in [0, 0.05) is 42.5 Å². The van der Waals surface area contributed by atoms with E-state index in [0.29, 0.717) is 34.7 Å². The van der Waals surface area contributed by atoms with Crippen molar-refractivity contribution in [1.29, 1.82) is 0 Å². The highest BCUT2D eigenvalue weighted by Crippen LogP contribution is 2.22. The van der Waals surface area contributed by atoms with Crippen LogP contribution in [0.3, 0.4) is 0 Å². The highest BCUT2D eigenvalue weighted by Gasteiger charge is 2.28. The third kappa shape index (κ3) is 6.25. The van der Waals surface area contributed by atoms with Crippen molar-refractivity contribution < 1.29 is 13.9 Å². The van der Waals surface area contributed by atoms with Crippen molar-refractivity contribution in [3.63, 3.8) is 0 Å². The van der Waals surface area contributed by atoms with Crippen LogP contribution in [0.1, 0.15) is 39.2 Å². The van der Waals surface area contributed by atoms with Gasteiger partial charge in [-0.2, -0.15) is 0 Å². The largest absolute Gasteiger partial charge is 0.444 e. The van der Waals surface area contributed by atoms with Crippen LogP contribution in [0.4, 0.5) is 9.18 Å². The summed E-state index contributed by atoms with van der Waals surface area (Å²) in [6.45, 7) is 6.45. The molecule has 0 bridgehead atoms. The van der Waals surface area contributed by atoms with Crippen LogP contribution < -0.4 is 11.1 Å². The summed E-state index contributed by atoms with van der Waals surface area (Å²) in [7, 11) is 0. The molecule has 1 aliphatic rings. The maximum absolute atomic E-state index is 14.7. The molecule has 0 spiro atoms. The van der Waals surface area contributed by atoms with Gasteiger partial charge in [0.15, 0.2) is 11.6 Å². The number of fused-ring (bicyclic) bond motifs is 1. The second-order valence-corrected chi connectivity index (χ2v) is 9.75. The van der Waals surface area contributed by atoms with E-state index in [1.807, 2.05) is 43.4 Å². The number of aliphatic imine (C=N–C) groups is 1. The summed E-state index contributed by atoms with van der Waals surface area (Å²) in [6, 6.07) is 1.54. The molecule has 1 amide bonds. The van der Waals surface area contributed by atoms with Gasteiger partial charge in [-0.1, -0.05) is 34.2 Å². The number of nitrogens with one attached hydrogen (secondary N) is 2. The predicted octanol–water partition coefficient (Wildman–Crippen LogP) is 4.48. The smallest absolute Gasteiger partial charge is 0.410 e. The Morgan fingerprint density at radius 3 is 2.97 bits per heavy atom. The van der Waals surface area contributed by atoms with Crippen molar-refractivity contribution in [3.05, 3.63) is 40.7 Å². The van der Waals surface area contributed by atoms with Gasteiger partial charge < -0.3 is 25.7 Å². The number of hydrogen-bond acceptors (Lipinski definition) is 5. The number of nitrogens with two attached hydrogens (primary N) is 1. The lowest BCUT2D eigenvalue weighted by molar-refractivity contribution is 0.0190. The number of amidine groups is 1. The number of rotatable bonds is 5. The van der Waals surface area contributed by atoms with Gasteiger partial charge in [0.25, 0.3) is 0 Å². The third-order valence-electron chi connectivity index (χ3n) is 4.79. The number of ether oxygens (including phenoxy) is 1. The second-order valence-electron chi connectivity index (χ2n) is 8.55. The summed E-state index contributed by atoms with van der Waals surface area (Å²) in [5, 5.41) is 4.29. The van der Waals surface area contributed by atoms with E-state index in [-0.39, 0.29) is 28.2 Å². The van der Waals surface area contributed by atoms with Crippen LogP contribution in [0.15, 0.2) is 35.1 Å². The van der Waals surface area contributed by atoms with E-state index < -0.39 is 11.4 Å². The van der Waals surface area contributed by atoms with Gasteiger partial charge in [-0.05, 0) is 39.7 Å². The zero-order valence-electron chi connectivity index (χ0n) is 18.2. The molecule has 1 atom stereocenters. The number of likely N-dealkylation sites (tertiary alicyclic amines) is 1. The first-order valence-corrected chi connectivity index (χ1v) is 12.1. The lowest BCUT2D eigenvalue weighted by Crippen LogP contribution is -2.49. The van der Waals surface area contributed by atoms with Gasteiger partial charge >= 0.3 is 6.09 Å². The van der Waals surface area contributed by atoms with Crippen molar-refractivity contribution in [2.45, 2.75) is 45.3 Å². The van der Waals surface area contributed by atoms with Gasteiger partial charge in [0.2, 0.25) is 0 Å². The summed E-state index contributed by atoms with van der Waals surface area (Å²) >= 11 is 7.99. The monoisotopic (exact) mass is 576 g/mol. The third-order valence-corrected chi connectivity index (χ3v) is 5.67. The van der Waals surface area contributed by atoms with Gasteiger partial charge in [0.1, 0.15) is 17.1 Å². The zero-order valence-corrected chi connectivity index (χ0v) is 21.1.